The van der Waals surface area contributed by atoms with Crippen LogP contribution in [0.5, 0.6) is 0 Å². The Balaban J connectivity index is 1.42. The summed E-state index contributed by atoms with van der Waals surface area (Å²) in [5, 5.41) is 6.28. The minimum atomic E-state index is -0.238. The van der Waals surface area contributed by atoms with E-state index in [-0.39, 0.29) is 24.2 Å². The molecule has 1 amide bonds. The Morgan fingerprint density at radius 2 is 2.12 bits per heavy atom. The maximum Gasteiger partial charge on any atom is 0.249 e. The Labute approximate surface area is 161 Å². The van der Waals surface area contributed by atoms with Gasteiger partial charge in [0.25, 0.3) is 0 Å². The largest absolute Gasteiger partial charge is 0.363 e. The Hall–Kier alpha value is -1.35. The van der Waals surface area contributed by atoms with Crippen LogP contribution in [0.15, 0.2) is 17.0 Å². The Morgan fingerprint density at radius 1 is 1.31 bits per heavy atom. The van der Waals surface area contributed by atoms with E-state index in [2.05, 4.69) is 21.8 Å². The zero-order valence-corrected chi connectivity index (χ0v) is 16.8. The molecule has 0 aliphatic carbocycles. The molecule has 8 heteroatoms. The van der Waals surface area contributed by atoms with Gasteiger partial charge < -0.3 is 9.64 Å². The lowest BCUT2D eigenvalue weighted by Crippen LogP contribution is -2.63. The van der Waals surface area contributed by atoms with E-state index in [1.807, 2.05) is 28.8 Å². The van der Waals surface area contributed by atoms with Crippen molar-refractivity contribution < 1.29 is 9.53 Å². The average Bonchev–Trinajstić information content (AvgIpc) is 3.29. The molecule has 2 aromatic heterocycles. The fourth-order valence-corrected chi connectivity index (χ4v) is 5.22. The third kappa shape index (κ3) is 3.55. The van der Waals surface area contributed by atoms with Crippen molar-refractivity contribution in [2.45, 2.75) is 51.4 Å². The van der Waals surface area contributed by atoms with E-state index in [9.17, 15) is 4.79 Å². The van der Waals surface area contributed by atoms with E-state index in [1.165, 1.54) is 0 Å². The van der Waals surface area contributed by atoms with Gasteiger partial charge in [0.1, 0.15) is 11.6 Å². The molecule has 26 heavy (non-hydrogen) atoms. The van der Waals surface area contributed by atoms with Gasteiger partial charge >= 0.3 is 0 Å². The average molecular weight is 393 g/mol. The number of likely N-dealkylation sites (tertiary alicyclic amines) is 1. The second-order valence-electron chi connectivity index (χ2n) is 7.11. The summed E-state index contributed by atoms with van der Waals surface area (Å²) in [5.41, 5.74) is 0.740. The molecule has 140 valence electrons. The molecule has 4 heterocycles. The van der Waals surface area contributed by atoms with Gasteiger partial charge in [0, 0.05) is 30.0 Å². The number of hydrogen-bond acceptors (Lipinski definition) is 7. The Morgan fingerprint density at radius 3 is 2.77 bits per heavy atom. The summed E-state index contributed by atoms with van der Waals surface area (Å²) in [5.74, 6) is 0.0685. The molecule has 6 nitrogen and oxygen atoms in total. The number of rotatable bonds is 4. The highest BCUT2D eigenvalue weighted by molar-refractivity contribution is 7.09. The third-order valence-electron chi connectivity index (χ3n) is 5.58. The van der Waals surface area contributed by atoms with Gasteiger partial charge in [-0.2, -0.15) is 0 Å². The number of aryl methyl sites for hydroxylation is 1. The fraction of sp³-hybridized carbons (Fsp3) is 0.611. The zero-order chi connectivity index (χ0) is 18.1. The number of nitrogens with zero attached hydrogens (tertiary/aromatic N) is 4. The molecule has 1 spiro atoms. The minimum absolute atomic E-state index is 0.0627. The first-order chi connectivity index (χ1) is 12.6. The van der Waals surface area contributed by atoms with Crippen LogP contribution in [0.2, 0.25) is 0 Å². The number of thiazole rings is 2. The first-order valence-electron chi connectivity index (χ1n) is 9.01. The Bertz CT molecular complexity index is 753. The molecule has 4 rings (SSSR count). The van der Waals surface area contributed by atoms with Crippen LogP contribution in [0.25, 0.3) is 0 Å². The van der Waals surface area contributed by atoms with Crippen LogP contribution in [-0.4, -0.2) is 57.0 Å². The van der Waals surface area contributed by atoms with E-state index in [0.717, 1.165) is 48.2 Å². The van der Waals surface area contributed by atoms with Crippen molar-refractivity contribution in [3.8, 4) is 0 Å². The van der Waals surface area contributed by atoms with Gasteiger partial charge in [-0.25, -0.2) is 9.97 Å². The molecule has 2 aliphatic heterocycles. The van der Waals surface area contributed by atoms with Crippen molar-refractivity contribution in [1.82, 2.24) is 19.8 Å². The van der Waals surface area contributed by atoms with Crippen molar-refractivity contribution in [2.75, 3.05) is 19.7 Å². The van der Waals surface area contributed by atoms with E-state index in [1.54, 1.807) is 22.7 Å². The molecule has 2 saturated heterocycles. The first kappa shape index (κ1) is 18.0. The first-order valence-corrected chi connectivity index (χ1v) is 10.8. The van der Waals surface area contributed by atoms with Crippen molar-refractivity contribution in [3.63, 3.8) is 0 Å². The van der Waals surface area contributed by atoms with E-state index < -0.39 is 0 Å². The normalized spacial score (nSPS) is 23.7. The number of carbonyl (C=O) groups is 1. The second-order valence-corrected chi connectivity index (χ2v) is 9.15. The number of piperidine rings is 1. The van der Waals surface area contributed by atoms with Gasteiger partial charge in [-0.3, -0.25) is 9.69 Å². The predicted octanol–water partition coefficient (Wildman–Crippen LogP) is 2.69. The highest BCUT2D eigenvalue weighted by Gasteiger charge is 2.48. The number of ether oxygens (including phenoxy) is 1. The van der Waals surface area contributed by atoms with Crippen LogP contribution in [0, 0.1) is 6.92 Å². The number of amides is 1. The lowest BCUT2D eigenvalue weighted by atomic mass is 9.82. The quantitative estimate of drug-likeness (QED) is 0.801. The standard InChI is InChI=1S/C18H24N4O2S2/c1-13-18(3-6-21(7-4-18)10-16-19-5-8-25-16)24-11-17(23)22(13)9-15-12-26-14(2)20-15/h5,8,12-13H,3-4,6-7,9-11H2,1-2H3. The van der Waals surface area contributed by atoms with Gasteiger partial charge in [-0.05, 0) is 26.7 Å². The molecule has 1 atom stereocenters. The molecule has 2 aliphatic rings. The number of hydrogen-bond donors (Lipinski definition) is 0. The van der Waals surface area contributed by atoms with E-state index in [0.29, 0.717) is 6.54 Å². The van der Waals surface area contributed by atoms with Gasteiger partial charge in [-0.1, -0.05) is 0 Å². The van der Waals surface area contributed by atoms with Gasteiger partial charge in [0.05, 0.1) is 35.4 Å². The summed E-state index contributed by atoms with van der Waals surface area (Å²) < 4.78 is 6.14. The lowest BCUT2D eigenvalue weighted by Gasteiger charge is -2.51. The van der Waals surface area contributed by atoms with Crippen LogP contribution in [0.3, 0.4) is 0 Å². The maximum absolute atomic E-state index is 12.5. The van der Waals surface area contributed by atoms with Crippen LogP contribution in [0.1, 0.15) is 35.5 Å². The minimum Gasteiger partial charge on any atom is -0.363 e. The summed E-state index contributed by atoms with van der Waals surface area (Å²) in [6.07, 6.45) is 3.75. The smallest absolute Gasteiger partial charge is 0.249 e. The highest BCUT2D eigenvalue weighted by atomic mass is 32.1. The summed E-state index contributed by atoms with van der Waals surface area (Å²) in [4.78, 5) is 25.8. The molecular weight excluding hydrogens is 368 g/mol. The molecule has 0 bridgehead atoms. The van der Waals surface area contributed by atoms with Gasteiger partial charge in [-0.15, -0.1) is 22.7 Å². The van der Waals surface area contributed by atoms with Crippen molar-refractivity contribution in [3.05, 3.63) is 32.7 Å². The van der Waals surface area contributed by atoms with Crippen LogP contribution < -0.4 is 0 Å². The molecule has 0 N–H and O–H groups in total. The second kappa shape index (κ2) is 7.34. The molecule has 0 saturated carbocycles. The topological polar surface area (TPSA) is 58.6 Å². The summed E-state index contributed by atoms with van der Waals surface area (Å²) in [7, 11) is 0. The molecule has 2 fully saturated rings. The number of morpholine rings is 1. The summed E-state index contributed by atoms with van der Waals surface area (Å²) >= 11 is 3.34. The van der Waals surface area contributed by atoms with Crippen molar-refractivity contribution in [2.24, 2.45) is 0 Å². The van der Waals surface area contributed by atoms with Crippen LogP contribution >= 0.6 is 22.7 Å². The third-order valence-corrected chi connectivity index (χ3v) is 7.16. The van der Waals surface area contributed by atoms with Crippen LogP contribution in [-0.2, 0) is 22.6 Å². The number of aromatic nitrogens is 2. The lowest BCUT2D eigenvalue weighted by molar-refractivity contribution is -0.188. The predicted molar refractivity (Wildman–Crippen MR) is 102 cm³/mol. The van der Waals surface area contributed by atoms with Gasteiger partial charge in [0.2, 0.25) is 5.91 Å². The molecule has 0 radical (unpaired) electrons. The van der Waals surface area contributed by atoms with Crippen LogP contribution in [0.4, 0.5) is 0 Å². The molecule has 0 aromatic carbocycles. The number of carbonyl (C=O) groups excluding carboxylic acids is 1. The van der Waals surface area contributed by atoms with Gasteiger partial charge in [0.15, 0.2) is 0 Å². The van der Waals surface area contributed by atoms with E-state index >= 15 is 0 Å². The molecular formula is C18H24N4O2S2. The summed E-state index contributed by atoms with van der Waals surface area (Å²) in [6, 6.07) is 0.0627. The molecule has 1 unspecified atom stereocenters. The fourth-order valence-electron chi connectivity index (χ4n) is 3.96. The zero-order valence-electron chi connectivity index (χ0n) is 15.2. The highest BCUT2D eigenvalue weighted by Crippen LogP contribution is 2.36. The summed E-state index contributed by atoms with van der Waals surface area (Å²) in [6.45, 7) is 7.75. The monoisotopic (exact) mass is 392 g/mol. The van der Waals surface area contributed by atoms with Crippen molar-refractivity contribution in [1.29, 1.82) is 0 Å². The molecule has 2 aromatic rings. The van der Waals surface area contributed by atoms with Crippen molar-refractivity contribution >= 4 is 28.6 Å². The SMILES string of the molecule is Cc1nc(CN2C(=O)COC3(CCN(Cc4nccs4)CC3)C2C)cs1. The maximum atomic E-state index is 12.5. The van der Waals surface area contributed by atoms with E-state index in [4.69, 9.17) is 4.74 Å². The Kier molecular flexibility index (Phi) is 5.09.